The lowest BCUT2D eigenvalue weighted by atomic mass is 9.90. The maximum Gasteiger partial charge on any atom is 0.0402 e. The predicted molar refractivity (Wildman–Crippen MR) is 90.0 cm³/mol. The molecule has 0 aromatic heterocycles. The summed E-state index contributed by atoms with van der Waals surface area (Å²) in [7, 11) is 0. The summed E-state index contributed by atoms with van der Waals surface area (Å²) in [4.78, 5) is 1.00. The molecule has 0 atom stereocenters. The van der Waals surface area contributed by atoms with Gasteiger partial charge >= 0.3 is 0 Å². The second-order valence-electron chi connectivity index (χ2n) is 5.27. The van der Waals surface area contributed by atoms with Crippen molar-refractivity contribution in [1.82, 2.24) is 0 Å². The zero-order valence-corrected chi connectivity index (χ0v) is 12.4. The molecule has 0 amide bonds. The molecule has 0 aliphatic heterocycles. The number of thiol groups is 1. The van der Waals surface area contributed by atoms with E-state index in [9.17, 15) is 0 Å². The maximum atomic E-state index is 6.21. The van der Waals surface area contributed by atoms with Crippen molar-refractivity contribution >= 4 is 23.9 Å². The molecule has 0 saturated carbocycles. The molecule has 0 saturated heterocycles. The predicted octanol–water partition coefficient (Wildman–Crippen LogP) is 5.18. The molecular weight excluding hydrogens is 262 g/mol. The lowest BCUT2D eigenvalue weighted by Gasteiger charge is -2.19. The average Bonchev–Trinajstić information content (AvgIpc) is 2.49. The summed E-state index contributed by atoms with van der Waals surface area (Å²) in [6, 6.07) is 14.4. The minimum Gasteiger partial charge on any atom is -0.398 e. The van der Waals surface area contributed by atoms with Gasteiger partial charge in [-0.25, -0.2) is 0 Å². The Labute approximate surface area is 125 Å². The highest BCUT2D eigenvalue weighted by atomic mass is 32.1. The van der Waals surface area contributed by atoms with Crippen molar-refractivity contribution in [2.75, 3.05) is 5.73 Å². The van der Waals surface area contributed by atoms with Gasteiger partial charge in [0, 0.05) is 16.1 Å². The van der Waals surface area contributed by atoms with E-state index in [1.54, 1.807) is 0 Å². The molecule has 2 aromatic rings. The molecule has 2 heteroatoms. The largest absolute Gasteiger partial charge is 0.398 e. The Morgan fingerprint density at radius 3 is 2.45 bits per heavy atom. The molecule has 0 spiro atoms. The summed E-state index contributed by atoms with van der Waals surface area (Å²) in [6.45, 7) is 0. The van der Waals surface area contributed by atoms with Crippen LogP contribution >= 0.6 is 12.6 Å². The second kappa shape index (κ2) is 5.76. The van der Waals surface area contributed by atoms with Gasteiger partial charge in [-0.2, -0.15) is 0 Å². The van der Waals surface area contributed by atoms with E-state index in [2.05, 4.69) is 36.4 Å². The number of anilines is 1. The van der Waals surface area contributed by atoms with Crippen LogP contribution in [0.5, 0.6) is 0 Å². The molecule has 2 aromatic carbocycles. The van der Waals surface area contributed by atoms with E-state index < -0.39 is 0 Å². The monoisotopic (exact) mass is 281 g/mol. The molecule has 0 unspecified atom stereocenters. The number of benzene rings is 2. The maximum absolute atomic E-state index is 6.21. The van der Waals surface area contributed by atoms with Gasteiger partial charge in [-0.1, -0.05) is 42.5 Å². The Morgan fingerprint density at radius 2 is 1.75 bits per heavy atom. The molecule has 102 valence electrons. The lowest BCUT2D eigenvalue weighted by Crippen LogP contribution is -2.00. The van der Waals surface area contributed by atoms with Gasteiger partial charge in [0.05, 0.1) is 0 Å². The molecule has 1 aliphatic rings. The van der Waals surface area contributed by atoms with Crippen LogP contribution in [0.2, 0.25) is 0 Å². The van der Waals surface area contributed by atoms with E-state index >= 15 is 0 Å². The molecule has 3 rings (SSSR count). The zero-order chi connectivity index (χ0) is 13.9. The summed E-state index contributed by atoms with van der Waals surface area (Å²) in [5, 5.41) is 0. The smallest absolute Gasteiger partial charge is 0.0402 e. The van der Waals surface area contributed by atoms with Crippen LogP contribution in [0.4, 0.5) is 5.69 Å². The minimum atomic E-state index is 0.836. The molecule has 2 N–H and O–H groups in total. The topological polar surface area (TPSA) is 26.0 Å². The first kappa shape index (κ1) is 13.3. The third-order valence-electron chi connectivity index (χ3n) is 3.91. The fourth-order valence-electron chi connectivity index (χ4n) is 2.86. The van der Waals surface area contributed by atoms with Crippen molar-refractivity contribution in [3.63, 3.8) is 0 Å². The third kappa shape index (κ3) is 2.48. The van der Waals surface area contributed by atoms with Crippen LogP contribution in [-0.4, -0.2) is 0 Å². The Hall–Kier alpha value is -1.67. The standard InChI is InChI=1S/C18H19NS/c19-16-12-11-15(13-7-3-1-4-8-13)18(20)17(16)14-9-5-2-6-10-14/h1,3-4,7-9,11-12,20H,2,5-6,10,19H2. The first-order chi connectivity index (χ1) is 9.77. The average molecular weight is 281 g/mol. The Balaban J connectivity index is 2.13. The first-order valence-electron chi connectivity index (χ1n) is 7.13. The van der Waals surface area contributed by atoms with Gasteiger partial charge in [0.25, 0.3) is 0 Å². The van der Waals surface area contributed by atoms with Crippen molar-refractivity contribution in [2.45, 2.75) is 30.6 Å². The van der Waals surface area contributed by atoms with Crippen molar-refractivity contribution in [2.24, 2.45) is 0 Å². The lowest BCUT2D eigenvalue weighted by molar-refractivity contribution is 0.741. The molecule has 20 heavy (non-hydrogen) atoms. The number of hydrogen-bond acceptors (Lipinski definition) is 2. The highest BCUT2D eigenvalue weighted by molar-refractivity contribution is 7.80. The molecule has 0 heterocycles. The molecule has 0 bridgehead atoms. The summed E-state index contributed by atoms with van der Waals surface area (Å²) in [5.41, 5.74) is 11.9. The zero-order valence-electron chi connectivity index (χ0n) is 11.5. The summed E-state index contributed by atoms with van der Waals surface area (Å²) < 4.78 is 0. The van der Waals surface area contributed by atoms with Gasteiger partial charge in [0.2, 0.25) is 0 Å². The van der Waals surface area contributed by atoms with Gasteiger partial charge in [0.1, 0.15) is 0 Å². The normalized spacial score (nSPS) is 14.9. The number of rotatable bonds is 2. The second-order valence-corrected chi connectivity index (χ2v) is 5.71. The molecule has 1 nitrogen and oxygen atoms in total. The third-order valence-corrected chi connectivity index (χ3v) is 4.37. The molecule has 0 fully saturated rings. The van der Waals surface area contributed by atoms with E-state index in [1.165, 1.54) is 24.0 Å². The van der Waals surface area contributed by atoms with Crippen molar-refractivity contribution in [3.05, 3.63) is 54.1 Å². The summed E-state index contributed by atoms with van der Waals surface area (Å²) in [6.07, 6.45) is 7.11. The summed E-state index contributed by atoms with van der Waals surface area (Å²) >= 11 is 4.78. The fraction of sp³-hybridized carbons (Fsp3) is 0.222. The van der Waals surface area contributed by atoms with E-state index in [4.69, 9.17) is 18.4 Å². The highest BCUT2D eigenvalue weighted by Crippen LogP contribution is 2.39. The van der Waals surface area contributed by atoms with Crippen molar-refractivity contribution in [1.29, 1.82) is 0 Å². The SMILES string of the molecule is Nc1ccc(-c2ccccc2)c(S)c1C1=CCCCC1. The van der Waals surface area contributed by atoms with Gasteiger partial charge in [-0.3, -0.25) is 0 Å². The van der Waals surface area contributed by atoms with Crippen LogP contribution in [0.3, 0.4) is 0 Å². The van der Waals surface area contributed by atoms with Crippen molar-refractivity contribution in [3.8, 4) is 11.1 Å². The van der Waals surface area contributed by atoms with E-state index in [1.807, 2.05) is 12.1 Å². The summed E-state index contributed by atoms with van der Waals surface area (Å²) in [5.74, 6) is 0. The van der Waals surface area contributed by atoms with Gasteiger partial charge in [-0.05, 0) is 48.4 Å². The quantitative estimate of drug-likeness (QED) is 0.575. The molecule has 0 radical (unpaired) electrons. The van der Waals surface area contributed by atoms with Crippen LogP contribution in [-0.2, 0) is 0 Å². The van der Waals surface area contributed by atoms with Gasteiger partial charge in [-0.15, -0.1) is 12.6 Å². The Kier molecular flexibility index (Phi) is 3.83. The van der Waals surface area contributed by atoms with Crippen LogP contribution in [0.25, 0.3) is 16.7 Å². The van der Waals surface area contributed by atoms with Crippen LogP contribution in [0, 0.1) is 0 Å². The highest BCUT2D eigenvalue weighted by Gasteiger charge is 2.15. The van der Waals surface area contributed by atoms with E-state index in [-0.39, 0.29) is 0 Å². The van der Waals surface area contributed by atoms with Crippen LogP contribution in [0.1, 0.15) is 31.2 Å². The van der Waals surface area contributed by atoms with E-state index in [0.29, 0.717) is 0 Å². The molecule has 1 aliphatic carbocycles. The van der Waals surface area contributed by atoms with Crippen molar-refractivity contribution < 1.29 is 0 Å². The Bertz CT molecular complexity index is 644. The fourth-order valence-corrected chi connectivity index (χ4v) is 3.34. The van der Waals surface area contributed by atoms with E-state index in [0.717, 1.165) is 34.6 Å². The minimum absolute atomic E-state index is 0.836. The number of allylic oxidation sites excluding steroid dienone is 2. The van der Waals surface area contributed by atoms with Gasteiger partial charge < -0.3 is 5.73 Å². The van der Waals surface area contributed by atoms with Crippen LogP contribution < -0.4 is 5.73 Å². The Morgan fingerprint density at radius 1 is 0.950 bits per heavy atom. The first-order valence-corrected chi connectivity index (χ1v) is 7.58. The number of hydrogen-bond donors (Lipinski definition) is 2. The number of nitrogen functional groups attached to an aromatic ring is 1. The van der Waals surface area contributed by atoms with Gasteiger partial charge in [0.15, 0.2) is 0 Å². The number of nitrogens with two attached hydrogens (primary N) is 1. The molecular formula is C18H19NS. The van der Waals surface area contributed by atoms with Crippen LogP contribution in [0.15, 0.2) is 53.4 Å².